The van der Waals surface area contributed by atoms with Crippen molar-refractivity contribution in [3.8, 4) is 5.75 Å². The number of para-hydroxylation sites is 1. The second-order valence-electron chi connectivity index (χ2n) is 2.78. The van der Waals surface area contributed by atoms with Crippen LogP contribution in [0.15, 0.2) is 23.8 Å². The number of rotatable bonds is 1. The molecule has 0 N–H and O–H groups in total. The van der Waals surface area contributed by atoms with Crippen LogP contribution >= 0.6 is 0 Å². The van der Waals surface area contributed by atoms with Crippen molar-refractivity contribution >= 4 is 12.4 Å². The van der Waals surface area contributed by atoms with Gasteiger partial charge < -0.3 is 4.74 Å². The molecule has 0 unspecified atom stereocenters. The summed E-state index contributed by atoms with van der Waals surface area (Å²) < 4.78 is 18.1. The van der Waals surface area contributed by atoms with Gasteiger partial charge in [0.15, 0.2) is 11.6 Å². The van der Waals surface area contributed by atoms with E-state index < -0.39 is 5.82 Å². The van der Waals surface area contributed by atoms with E-state index in [9.17, 15) is 9.18 Å². The Morgan fingerprint density at radius 2 is 2.31 bits per heavy atom. The molecular weight excluding hydrogens is 171 g/mol. The standard InChI is InChI=1S/C10H7FO2/c11-9-3-1-2-8-4-7(5-12)6-13-10(8)9/h1-5H,6H2. The van der Waals surface area contributed by atoms with Gasteiger partial charge in [0, 0.05) is 11.1 Å². The van der Waals surface area contributed by atoms with Gasteiger partial charge in [-0.3, -0.25) is 4.79 Å². The summed E-state index contributed by atoms with van der Waals surface area (Å²) in [6.45, 7) is 0.150. The largest absolute Gasteiger partial charge is 0.485 e. The van der Waals surface area contributed by atoms with Crippen LogP contribution in [0.4, 0.5) is 4.39 Å². The Morgan fingerprint density at radius 1 is 1.46 bits per heavy atom. The molecule has 0 bridgehead atoms. The van der Waals surface area contributed by atoms with Gasteiger partial charge in [-0.25, -0.2) is 4.39 Å². The van der Waals surface area contributed by atoms with Crippen molar-refractivity contribution in [1.29, 1.82) is 0 Å². The first kappa shape index (κ1) is 7.98. The van der Waals surface area contributed by atoms with Crippen LogP contribution in [0.3, 0.4) is 0 Å². The Labute approximate surface area is 74.6 Å². The lowest BCUT2D eigenvalue weighted by atomic mass is 10.1. The fourth-order valence-electron chi connectivity index (χ4n) is 1.26. The van der Waals surface area contributed by atoms with Gasteiger partial charge >= 0.3 is 0 Å². The lowest BCUT2D eigenvalue weighted by molar-refractivity contribution is -0.105. The highest BCUT2D eigenvalue weighted by Crippen LogP contribution is 2.28. The van der Waals surface area contributed by atoms with Crippen molar-refractivity contribution in [3.63, 3.8) is 0 Å². The molecule has 0 spiro atoms. The minimum Gasteiger partial charge on any atom is -0.485 e. The van der Waals surface area contributed by atoms with Crippen molar-refractivity contribution in [2.75, 3.05) is 6.61 Å². The molecule has 0 saturated carbocycles. The van der Waals surface area contributed by atoms with Gasteiger partial charge in [0.05, 0.1) is 0 Å². The zero-order valence-electron chi connectivity index (χ0n) is 6.79. The number of ether oxygens (including phenoxy) is 1. The number of carbonyl (C=O) groups is 1. The third-order valence-corrected chi connectivity index (χ3v) is 1.87. The number of fused-ring (bicyclic) bond motifs is 1. The van der Waals surface area contributed by atoms with Gasteiger partial charge in [0.2, 0.25) is 0 Å². The van der Waals surface area contributed by atoms with Crippen LogP contribution in [0, 0.1) is 5.82 Å². The molecule has 3 heteroatoms. The van der Waals surface area contributed by atoms with E-state index in [0.29, 0.717) is 17.4 Å². The SMILES string of the molecule is O=CC1=Cc2cccc(F)c2OC1. The van der Waals surface area contributed by atoms with Crippen LogP contribution in [-0.2, 0) is 4.79 Å². The Morgan fingerprint density at radius 3 is 3.08 bits per heavy atom. The Kier molecular flexibility index (Phi) is 1.85. The van der Waals surface area contributed by atoms with E-state index in [-0.39, 0.29) is 12.4 Å². The van der Waals surface area contributed by atoms with E-state index >= 15 is 0 Å². The molecule has 66 valence electrons. The molecule has 1 aliphatic rings. The molecule has 2 nitrogen and oxygen atoms in total. The van der Waals surface area contributed by atoms with Crippen LogP contribution < -0.4 is 4.74 Å². The van der Waals surface area contributed by atoms with Crippen LogP contribution in [0.2, 0.25) is 0 Å². The minimum atomic E-state index is -0.390. The lowest BCUT2D eigenvalue weighted by Gasteiger charge is -2.14. The maximum atomic E-state index is 13.1. The molecule has 0 aliphatic carbocycles. The fourth-order valence-corrected chi connectivity index (χ4v) is 1.26. The topological polar surface area (TPSA) is 26.3 Å². The summed E-state index contributed by atoms with van der Waals surface area (Å²) in [5, 5.41) is 0. The number of hydrogen-bond acceptors (Lipinski definition) is 2. The average molecular weight is 178 g/mol. The highest BCUT2D eigenvalue weighted by molar-refractivity contribution is 5.84. The number of benzene rings is 1. The number of hydrogen-bond donors (Lipinski definition) is 0. The first-order chi connectivity index (χ1) is 6.31. The van der Waals surface area contributed by atoms with Gasteiger partial charge in [-0.15, -0.1) is 0 Å². The molecule has 0 radical (unpaired) electrons. The molecule has 0 amide bonds. The number of aldehydes is 1. The van der Waals surface area contributed by atoms with Gasteiger partial charge in [-0.1, -0.05) is 12.1 Å². The number of halogens is 1. The van der Waals surface area contributed by atoms with Crippen LogP contribution in [0.5, 0.6) is 5.75 Å². The fraction of sp³-hybridized carbons (Fsp3) is 0.100. The smallest absolute Gasteiger partial charge is 0.165 e. The molecule has 1 aromatic carbocycles. The summed E-state index contributed by atoms with van der Waals surface area (Å²) in [6.07, 6.45) is 2.35. The van der Waals surface area contributed by atoms with E-state index in [1.54, 1.807) is 18.2 Å². The molecule has 0 saturated heterocycles. The Balaban J connectivity index is 2.53. The first-order valence-corrected chi connectivity index (χ1v) is 3.88. The summed E-state index contributed by atoms with van der Waals surface area (Å²) in [6, 6.07) is 4.63. The van der Waals surface area contributed by atoms with Crippen molar-refractivity contribution in [2.45, 2.75) is 0 Å². The summed E-state index contributed by atoms with van der Waals surface area (Å²) in [5.74, 6) is -0.160. The quantitative estimate of drug-likeness (QED) is 0.613. The number of carbonyl (C=O) groups excluding carboxylic acids is 1. The van der Waals surface area contributed by atoms with Gasteiger partial charge in [-0.2, -0.15) is 0 Å². The normalized spacial score (nSPS) is 14.1. The van der Waals surface area contributed by atoms with Gasteiger partial charge in [-0.05, 0) is 12.1 Å². The van der Waals surface area contributed by atoms with Crippen molar-refractivity contribution in [1.82, 2.24) is 0 Å². The molecule has 0 atom stereocenters. The van der Waals surface area contributed by atoms with Crippen molar-refractivity contribution in [2.24, 2.45) is 0 Å². The third-order valence-electron chi connectivity index (χ3n) is 1.87. The van der Waals surface area contributed by atoms with Crippen molar-refractivity contribution < 1.29 is 13.9 Å². The zero-order valence-corrected chi connectivity index (χ0v) is 6.79. The molecule has 1 aliphatic heterocycles. The van der Waals surface area contributed by atoms with E-state index in [1.165, 1.54) is 6.07 Å². The zero-order chi connectivity index (χ0) is 9.26. The van der Waals surface area contributed by atoms with Gasteiger partial charge in [0.1, 0.15) is 12.9 Å². The highest BCUT2D eigenvalue weighted by atomic mass is 19.1. The van der Waals surface area contributed by atoms with Gasteiger partial charge in [0.25, 0.3) is 0 Å². The Bertz CT molecular complexity index is 383. The average Bonchev–Trinajstić information content (AvgIpc) is 2.18. The second kappa shape index (κ2) is 3.01. The van der Waals surface area contributed by atoms with Crippen LogP contribution in [0.1, 0.15) is 5.56 Å². The van der Waals surface area contributed by atoms with Crippen LogP contribution in [0.25, 0.3) is 6.08 Å². The summed E-state index contributed by atoms with van der Waals surface area (Å²) in [7, 11) is 0. The predicted octanol–water partition coefficient (Wildman–Crippen LogP) is 1.80. The van der Waals surface area contributed by atoms with E-state index in [0.717, 1.165) is 0 Å². The minimum absolute atomic E-state index is 0.150. The molecule has 1 aromatic rings. The molecule has 1 heterocycles. The molecular formula is C10H7FO2. The van der Waals surface area contributed by atoms with Crippen molar-refractivity contribution in [3.05, 3.63) is 35.2 Å². The van der Waals surface area contributed by atoms with Crippen LogP contribution in [-0.4, -0.2) is 12.9 Å². The van der Waals surface area contributed by atoms with E-state index in [2.05, 4.69) is 0 Å². The monoisotopic (exact) mass is 178 g/mol. The summed E-state index contributed by atoms with van der Waals surface area (Å²) in [5.41, 5.74) is 1.14. The summed E-state index contributed by atoms with van der Waals surface area (Å²) >= 11 is 0. The van der Waals surface area contributed by atoms with E-state index in [4.69, 9.17) is 4.74 Å². The van der Waals surface area contributed by atoms with E-state index in [1.807, 2.05) is 0 Å². The highest BCUT2D eigenvalue weighted by Gasteiger charge is 2.14. The second-order valence-corrected chi connectivity index (χ2v) is 2.78. The maximum Gasteiger partial charge on any atom is 0.165 e. The molecule has 0 aromatic heterocycles. The first-order valence-electron chi connectivity index (χ1n) is 3.88. The lowest BCUT2D eigenvalue weighted by Crippen LogP contribution is -2.09. The molecule has 0 fully saturated rings. The Hall–Kier alpha value is -1.64. The molecule has 2 rings (SSSR count). The summed E-state index contributed by atoms with van der Waals surface area (Å²) in [4.78, 5) is 10.4. The maximum absolute atomic E-state index is 13.1. The predicted molar refractivity (Wildman–Crippen MR) is 45.9 cm³/mol. The third kappa shape index (κ3) is 1.33. The molecule has 13 heavy (non-hydrogen) atoms.